The van der Waals surface area contributed by atoms with Gasteiger partial charge in [0.15, 0.2) is 0 Å². The smallest absolute Gasteiger partial charge is 0.251 e. The van der Waals surface area contributed by atoms with Crippen LogP contribution in [0.2, 0.25) is 0 Å². The molecule has 2 N–H and O–H groups in total. The average molecular weight is 460 g/mol. The van der Waals surface area contributed by atoms with E-state index in [1.165, 1.54) is 24.3 Å². The molecule has 172 valence electrons. The molecule has 0 saturated carbocycles. The lowest BCUT2D eigenvalue weighted by atomic mass is 10.2. The molecule has 3 rings (SSSR count). The summed E-state index contributed by atoms with van der Waals surface area (Å²) in [6, 6.07) is 15.4. The van der Waals surface area contributed by atoms with Crippen molar-refractivity contribution >= 4 is 21.8 Å². The molecule has 32 heavy (non-hydrogen) atoms. The minimum absolute atomic E-state index is 0.00580. The number of amides is 2. The summed E-state index contributed by atoms with van der Waals surface area (Å²) in [4.78, 5) is 26.7. The minimum Gasteiger partial charge on any atom is -0.377 e. The van der Waals surface area contributed by atoms with Crippen molar-refractivity contribution in [3.63, 3.8) is 0 Å². The first-order valence-electron chi connectivity index (χ1n) is 10.7. The van der Waals surface area contributed by atoms with Crippen LogP contribution in [0.3, 0.4) is 0 Å². The van der Waals surface area contributed by atoms with Gasteiger partial charge in [0.1, 0.15) is 0 Å². The molecule has 1 fully saturated rings. The fourth-order valence-corrected chi connectivity index (χ4v) is 4.56. The second-order valence-corrected chi connectivity index (χ2v) is 9.36. The molecule has 2 amide bonds. The van der Waals surface area contributed by atoms with E-state index in [-0.39, 0.29) is 35.6 Å². The maximum Gasteiger partial charge on any atom is 0.251 e. The Morgan fingerprint density at radius 1 is 1.12 bits per heavy atom. The van der Waals surface area contributed by atoms with Crippen molar-refractivity contribution in [2.75, 3.05) is 26.2 Å². The van der Waals surface area contributed by atoms with E-state index in [4.69, 9.17) is 4.74 Å². The van der Waals surface area contributed by atoms with Gasteiger partial charge in [-0.05, 0) is 43.5 Å². The molecule has 0 aliphatic carbocycles. The van der Waals surface area contributed by atoms with Crippen molar-refractivity contribution in [3.05, 3.63) is 65.7 Å². The highest BCUT2D eigenvalue weighted by molar-refractivity contribution is 7.89. The molecule has 1 aliphatic rings. The molecular formula is C23H29N3O5S. The molecule has 1 heterocycles. The van der Waals surface area contributed by atoms with Crippen LogP contribution in [0, 0.1) is 0 Å². The number of likely N-dealkylation sites (N-methyl/N-ethyl adjacent to an activating group) is 1. The van der Waals surface area contributed by atoms with E-state index in [2.05, 4.69) is 10.0 Å². The van der Waals surface area contributed by atoms with Gasteiger partial charge in [0.25, 0.3) is 5.91 Å². The zero-order valence-electron chi connectivity index (χ0n) is 18.1. The molecule has 1 aliphatic heterocycles. The van der Waals surface area contributed by atoms with Gasteiger partial charge in [0, 0.05) is 31.8 Å². The maximum atomic E-state index is 12.6. The molecule has 2 aromatic carbocycles. The first-order chi connectivity index (χ1) is 15.4. The number of carbonyl (C=O) groups excluding carboxylic acids is 2. The summed E-state index contributed by atoms with van der Waals surface area (Å²) in [6.45, 7) is 3.50. The number of nitrogens with one attached hydrogen (secondary N) is 2. The Morgan fingerprint density at radius 3 is 2.59 bits per heavy atom. The predicted molar refractivity (Wildman–Crippen MR) is 120 cm³/mol. The Labute approximate surface area is 189 Å². The normalized spacial score (nSPS) is 16.0. The molecule has 0 aromatic heterocycles. The van der Waals surface area contributed by atoms with Crippen molar-refractivity contribution in [1.82, 2.24) is 14.9 Å². The van der Waals surface area contributed by atoms with Gasteiger partial charge in [-0.3, -0.25) is 9.59 Å². The minimum atomic E-state index is -3.77. The Hall–Kier alpha value is -2.75. The van der Waals surface area contributed by atoms with Gasteiger partial charge >= 0.3 is 0 Å². The van der Waals surface area contributed by atoms with E-state index in [9.17, 15) is 18.0 Å². The fourth-order valence-electron chi connectivity index (χ4n) is 3.45. The molecule has 2 aromatic rings. The van der Waals surface area contributed by atoms with Crippen molar-refractivity contribution in [2.24, 2.45) is 0 Å². The lowest BCUT2D eigenvalue weighted by Crippen LogP contribution is -2.39. The maximum absolute atomic E-state index is 12.6. The molecule has 0 spiro atoms. The van der Waals surface area contributed by atoms with Crippen LogP contribution in [0.5, 0.6) is 0 Å². The highest BCUT2D eigenvalue weighted by Crippen LogP contribution is 2.14. The van der Waals surface area contributed by atoms with E-state index >= 15 is 0 Å². The van der Waals surface area contributed by atoms with E-state index in [1.54, 1.807) is 4.90 Å². The van der Waals surface area contributed by atoms with Crippen LogP contribution in [0.1, 0.15) is 35.7 Å². The first kappa shape index (κ1) is 23.9. The summed E-state index contributed by atoms with van der Waals surface area (Å²) in [5, 5.41) is 2.59. The third-order valence-electron chi connectivity index (χ3n) is 5.28. The van der Waals surface area contributed by atoms with Gasteiger partial charge in [-0.2, -0.15) is 0 Å². The number of carbonyl (C=O) groups is 2. The molecule has 1 atom stereocenters. The van der Waals surface area contributed by atoms with Crippen LogP contribution in [0.4, 0.5) is 0 Å². The van der Waals surface area contributed by atoms with Crippen LogP contribution < -0.4 is 10.0 Å². The van der Waals surface area contributed by atoms with Gasteiger partial charge in [0.05, 0.1) is 17.5 Å². The summed E-state index contributed by atoms with van der Waals surface area (Å²) in [5.41, 5.74) is 1.17. The highest BCUT2D eigenvalue weighted by Gasteiger charge is 2.21. The number of benzene rings is 2. The van der Waals surface area contributed by atoms with E-state index in [1.807, 2.05) is 37.3 Å². The largest absolute Gasteiger partial charge is 0.377 e. The lowest BCUT2D eigenvalue weighted by molar-refractivity contribution is -0.130. The van der Waals surface area contributed by atoms with Crippen LogP contribution in [0.25, 0.3) is 0 Å². The van der Waals surface area contributed by atoms with E-state index < -0.39 is 15.9 Å². The van der Waals surface area contributed by atoms with Gasteiger partial charge in [-0.1, -0.05) is 36.4 Å². The summed E-state index contributed by atoms with van der Waals surface area (Å²) in [5.74, 6) is -0.725. The molecule has 0 bridgehead atoms. The van der Waals surface area contributed by atoms with Gasteiger partial charge in [0.2, 0.25) is 15.9 Å². The zero-order chi connectivity index (χ0) is 23.0. The quantitative estimate of drug-likeness (QED) is 0.565. The number of hydrogen-bond donors (Lipinski definition) is 2. The van der Waals surface area contributed by atoms with Gasteiger partial charge in [-0.25, -0.2) is 13.1 Å². The number of sulfonamides is 1. The molecule has 0 radical (unpaired) electrons. The zero-order valence-corrected chi connectivity index (χ0v) is 18.9. The Kier molecular flexibility index (Phi) is 8.38. The second kappa shape index (κ2) is 11.2. The Bertz CT molecular complexity index is 1020. The van der Waals surface area contributed by atoms with Crippen LogP contribution in [0.15, 0.2) is 59.5 Å². The lowest BCUT2D eigenvalue weighted by Gasteiger charge is -2.21. The van der Waals surface area contributed by atoms with Crippen LogP contribution in [-0.2, 0) is 26.1 Å². The third-order valence-corrected chi connectivity index (χ3v) is 6.70. The van der Waals surface area contributed by atoms with Crippen molar-refractivity contribution in [2.45, 2.75) is 37.3 Å². The van der Waals surface area contributed by atoms with Crippen LogP contribution in [-0.4, -0.2) is 57.5 Å². The molecule has 1 unspecified atom stereocenters. The highest BCUT2D eigenvalue weighted by atomic mass is 32.2. The SMILES string of the molecule is CCN(Cc1ccccc1)C(=O)CNC(=O)c1cccc(S(=O)(=O)NCC2CCCO2)c1. The van der Waals surface area contributed by atoms with Gasteiger partial charge in [-0.15, -0.1) is 0 Å². The predicted octanol–water partition coefficient (Wildman–Crippen LogP) is 1.92. The third kappa shape index (κ3) is 6.62. The number of hydrogen-bond acceptors (Lipinski definition) is 5. The Balaban J connectivity index is 1.57. The second-order valence-electron chi connectivity index (χ2n) is 7.59. The van der Waals surface area contributed by atoms with Crippen molar-refractivity contribution < 1.29 is 22.7 Å². The standard InChI is InChI=1S/C23H29N3O5S/c1-2-26(17-18-8-4-3-5-9-18)22(27)16-24-23(28)19-10-6-12-21(14-19)32(29,30)25-15-20-11-7-13-31-20/h3-6,8-10,12,14,20,25H,2,7,11,13,15-17H2,1H3,(H,24,28). The molecule has 9 heteroatoms. The topological polar surface area (TPSA) is 105 Å². The average Bonchev–Trinajstić information content (AvgIpc) is 3.34. The number of rotatable bonds is 10. The van der Waals surface area contributed by atoms with Crippen molar-refractivity contribution in [3.8, 4) is 0 Å². The monoisotopic (exact) mass is 459 g/mol. The number of ether oxygens (including phenoxy) is 1. The fraction of sp³-hybridized carbons (Fsp3) is 0.391. The molecular weight excluding hydrogens is 430 g/mol. The van der Waals surface area contributed by atoms with E-state index in [0.29, 0.717) is 19.7 Å². The first-order valence-corrected chi connectivity index (χ1v) is 12.2. The summed E-state index contributed by atoms with van der Waals surface area (Å²) in [7, 11) is -3.77. The van der Waals surface area contributed by atoms with Crippen molar-refractivity contribution in [1.29, 1.82) is 0 Å². The summed E-state index contributed by atoms with van der Waals surface area (Å²) in [6.07, 6.45) is 1.61. The van der Waals surface area contributed by atoms with Crippen LogP contribution >= 0.6 is 0 Å². The number of nitrogens with zero attached hydrogens (tertiary/aromatic N) is 1. The summed E-state index contributed by atoms with van der Waals surface area (Å²) >= 11 is 0. The molecule has 1 saturated heterocycles. The van der Waals surface area contributed by atoms with Gasteiger partial charge < -0.3 is 15.0 Å². The summed E-state index contributed by atoms with van der Waals surface area (Å²) < 4.78 is 33.1. The molecule has 8 nitrogen and oxygen atoms in total. The van der Waals surface area contributed by atoms with E-state index in [0.717, 1.165) is 18.4 Å². The Morgan fingerprint density at radius 2 is 1.91 bits per heavy atom.